The lowest BCUT2D eigenvalue weighted by molar-refractivity contribution is 1.17. The van der Waals surface area contributed by atoms with Crippen molar-refractivity contribution in [2.24, 2.45) is 0 Å². The molecule has 0 N–H and O–H groups in total. The van der Waals surface area contributed by atoms with E-state index in [0.717, 1.165) is 11.4 Å². The molecule has 12 aromatic carbocycles. The molecule has 0 atom stereocenters. The van der Waals surface area contributed by atoms with Crippen molar-refractivity contribution < 1.29 is 0 Å². The fourth-order valence-corrected chi connectivity index (χ4v) is 12.8. The number of hydrogen-bond donors (Lipinski definition) is 0. The molecule has 2 aliphatic rings. The third-order valence-electron chi connectivity index (χ3n) is 13.8. The zero-order valence-corrected chi connectivity index (χ0v) is 38.4. The lowest BCUT2D eigenvalue weighted by atomic mass is 9.84. The van der Waals surface area contributed by atoms with Crippen molar-refractivity contribution in [2.75, 3.05) is 9.80 Å². The Morgan fingerprint density at radius 2 is 0.676 bits per heavy atom. The topological polar surface area (TPSA) is 6.48 Å². The monoisotopic (exact) mass is 900 g/mol. The van der Waals surface area contributed by atoms with Gasteiger partial charge in [0.05, 0.1) is 22.7 Å². The van der Waals surface area contributed by atoms with Crippen LogP contribution < -0.4 is 9.80 Å². The molecular weight excluding hydrogens is 861 g/mol. The zero-order valence-electron chi connectivity index (χ0n) is 36.8. The molecule has 318 valence electrons. The van der Waals surface area contributed by atoms with Crippen LogP contribution in [0.1, 0.15) is 0 Å². The Morgan fingerprint density at radius 1 is 0.250 bits per heavy atom. The summed E-state index contributed by atoms with van der Waals surface area (Å²) >= 11 is 3.69. The van der Waals surface area contributed by atoms with Crippen LogP contribution in [0, 0.1) is 0 Å². The molecule has 0 amide bonds. The van der Waals surface area contributed by atoms with E-state index < -0.39 is 0 Å². The van der Waals surface area contributed by atoms with Crippen molar-refractivity contribution in [3.63, 3.8) is 0 Å². The number of benzene rings is 12. The lowest BCUT2D eigenvalue weighted by Crippen LogP contribution is -2.15. The molecule has 0 bridgehead atoms. The van der Waals surface area contributed by atoms with Gasteiger partial charge in [-0.2, -0.15) is 0 Å². The largest absolute Gasteiger partial charge is 0.308 e. The molecule has 2 aliphatic heterocycles. The van der Waals surface area contributed by atoms with E-state index in [0.29, 0.717) is 0 Å². The summed E-state index contributed by atoms with van der Waals surface area (Å²) in [4.78, 5) is 9.91. The second kappa shape index (κ2) is 15.8. The molecule has 0 unspecified atom stereocenters. The van der Waals surface area contributed by atoms with E-state index in [4.69, 9.17) is 0 Å². The number of hydrogen-bond acceptors (Lipinski definition) is 4. The average molecular weight is 901 g/mol. The van der Waals surface area contributed by atoms with Crippen molar-refractivity contribution in [3.8, 4) is 33.4 Å². The van der Waals surface area contributed by atoms with E-state index >= 15 is 0 Å². The van der Waals surface area contributed by atoms with Gasteiger partial charge in [0.15, 0.2) is 0 Å². The van der Waals surface area contributed by atoms with Gasteiger partial charge in [0.1, 0.15) is 0 Å². The molecule has 0 aromatic heterocycles. The molecule has 0 spiro atoms. The molecule has 2 nitrogen and oxygen atoms in total. The first-order chi connectivity index (χ1) is 33.7. The van der Waals surface area contributed by atoms with Crippen molar-refractivity contribution in [1.82, 2.24) is 0 Å². The molecule has 0 fully saturated rings. The Balaban J connectivity index is 1.07. The van der Waals surface area contributed by atoms with Crippen molar-refractivity contribution >= 4 is 101 Å². The van der Waals surface area contributed by atoms with Crippen molar-refractivity contribution in [1.29, 1.82) is 0 Å². The van der Waals surface area contributed by atoms with Crippen LogP contribution in [-0.4, -0.2) is 0 Å². The summed E-state index contributed by atoms with van der Waals surface area (Å²) in [5.41, 5.74) is 14.3. The minimum absolute atomic E-state index is 1.13. The highest BCUT2D eigenvalue weighted by atomic mass is 32.2. The number of fused-ring (bicyclic) bond motifs is 8. The first-order valence-electron chi connectivity index (χ1n) is 23.2. The van der Waals surface area contributed by atoms with Gasteiger partial charge in [0.2, 0.25) is 0 Å². The summed E-state index contributed by atoms with van der Waals surface area (Å²) in [6, 6.07) is 90.0. The molecule has 0 saturated heterocycles. The Bertz CT molecular complexity index is 3910. The Kier molecular flexibility index (Phi) is 9.11. The van der Waals surface area contributed by atoms with E-state index in [1.165, 1.54) is 119 Å². The molecule has 4 heteroatoms. The van der Waals surface area contributed by atoms with E-state index in [2.05, 4.69) is 252 Å². The molecular formula is C64H40N2S2. The van der Waals surface area contributed by atoms with E-state index in [-0.39, 0.29) is 0 Å². The van der Waals surface area contributed by atoms with Crippen LogP contribution in [0.25, 0.3) is 76.5 Å². The molecule has 0 radical (unpaired) electrons. The fourth-order valence-electron chi connectivity index (χ4n) is 10.7. The summed E-state index contributed by atoms with van der Waals surface area (Å²) in [5, 5.41) is 9.81. The summed E-state index contributed by atoms with van der Waals surface area (Å²) in [6.07, 6.45) is 0. The van der Waals surface area contributed by atoms with Crippen LogP contribution in [0.5, 0.6) is 0 Å². The maximum absolute atomic E-state index is 2.46. The van der Waals surface area contributed by atoms with Crippen molar-refractivity contribution in [3.05, 3.63) is 243 Å². The third-order valence-corrected chi connectivity index (χ3v) is 16.0. The van der Waals surface area contributed by atoms with Crippen LogP contribution in [0.15, 0.2) is 262 Å². The van der Waals surface area contributed by atoms with Gasteiger partial charge in [-0.05, 0) is 155 Å². The Hall–Kier alpha value is -8.02. The smallest absolute Gasteiger partial charge is 0.0601 e. The van der Waals surface area contributed by atoms with Crippen LogP contribution in [0.4, 0.5) is 34.1 Å². The van der Waals surface area contributed by atoms with E-state index in [9.17, 15) is 0 Å². The van der Waals surface area contributed by atoms with Gasteiger partial charge in [-0.25, -0.2) is 0 Å². The maximum atomic E-state index is 2.46. The molecule has 14 rings (SSSR count). The predicted octanol–water partition coefficient (Wildman–Crippen LogP) is 19.2. The number of nitrogens with zero attached hydrogens (tertiary/aromatic N) is 2. The standard InChI is InChI=1S/C64H40N2S2/c1-2-16-45-38-46(33-28-41(45)14-1)64-52-37-35-47(65-55-20-5-9-24-59(55)67-60-25-10-6-21-56(60)65)39-53(52)63(44-31-29-43(30-32-44)50-19-13-17-42-15-3-4-18-49(42)50)51-36-34-48(40-54(51)64)66-57-22-7-11-26-61(57)68-62-27-12-8-23-58(62)66/h1-40H. The quantitative estimate of drug-likeness (QED) is 0.159. The number of para-hydroxylation sites is 4. The van der Waals surface area contributed by atoms with Crippen molar-refractivity contribution in [2.45, 2.75) is 19.6 Å². The van der Waals surface area contributed by atoms with Gasteiger partial charge in [0, 0.05) is 31.0 Å². The van der Waals surface area contributed by atoms with Crippen LogP contribution in [-0.2, 0) is 0 Å². The predicted molar refractivity (Wildman–Crippen MR) is 290 cm³/mol. The second-order valence-corrected chi connectivity index (χ2v) is 19.8. The summed E-state index contributed by atoms with van der Waals surface area (Å²) in [7, 11) is 0. The highest BCUT2D eigenvalue weighted by Crippen LogP contribution is 2.55. The molecule has 0 aliphatic carbocycles. The van der Waals surface area contributed by atoms with Crippen LogP contribution >= 0.6 is 23.5 Å². The van der Waals surface area contributed by atoms with E-state index in [1.807, 2.05) is 23.5 Å². The van der Waals surface area contributed by atoms with Gasteiger partial charge in [-0.1, -0.05) is 187 Å². The Morgan fingerprint density at radius 3 is 1.24 bits per heavy atom. The SMILES string of the molecule is c1ccc2c(c1)Sc1ccccc1N2c1ccc2c(-c3ccc4ccccc4c3)c3cc(N4c5ccccc5Sc5ccccc54)ccc3c(-c3ccc(-c4cccc5ccccc45)cc3)c2c1. The highest BCUT2D eigenvalue weighted by Gasteiger charge is 2.28. The fraction of sp³-hybridized carbons (Fsp3) is 0. The van der Waals surface area contributed by atoms with Crippen LogP contribution in [0.2, 0.25) is 0 Å². The molecule has 12 aromatic rings. The minimum atomic E-state index is 1.13. The van der Waals surface area contributed by atoms with Gasteiger partial charge in [-0.3, -0.25) is 0 Å². The highest BCUT2D eigenvalue weighted by molar-refractivity contribution is 8.00. The van der Waals surface area contributed by atoms with Gasteiger partial charge in [-0.15, -0.1) is 0 Å². The maximum Gasteiger partial charge on any atom is 0.0601 e. The second-order valence-electron chi connectivity index (χ2n) is 17.6. The zero-order chi connectivity index (χ0) is 44.7. The van der Waals surface area contributed by atoms with E-state index in [1.54, 1.807) is 0 Å². The lowest BCUT2D eigenvalue weighted by Gasteiger charge is -2.34. The van der Waals surface area contributed by atoms with Gasteiger partial charge in [0.25, 0.3) is 0 Å². The number of rotatable bonds is 5. The first-order valence-corrected chi connectivity index (χ1v) is 24.8. The summed E-state index contributed by atoms with van der Waals surface area (Å²) in [6.45, 7) is 0. The van der Waals surface area contributed by atoms with Gasteiger partial charge >= 0.3 is 0 Å². The minimum Gasteiger partial charge on any atom is -0.308 e. The van der Waals surface area contributed by atoms with Gasteiger partial charge < -0.3 is 9.80 Å². The average Bonchev–Trinajstić information content (AvgIpc) is 3.40. The summed E-state index contributed by atoms with van der Waals surface area (Å²) in [5.74, 6) is 0. The molecule has 68 heavy (non-hydrogen) atoms. The Labute approximate surface area is 403 Å². The van der Waals surface area contributed by atoms with Crippen LogP contribution in [0.3, 0.4) is 0 Å². The molecule has 2 heterocycles. The normalized spacial score (nSPS) is 12.8. The molecule has 0 saturated carbocycles. The first kappa shape index (κ1) is 39.2. The number of anilines is 6. The summed E-state index contributed by atoms with van der Waals surface area (Å²) < 4.78 is 0. The third kappa shape index (κ3) is 6.29.